The maximum absolute atomic E-state index is 9.82. The topological polar surface area (TPSA) is 45.1 Å². The van der Waals surface area contributed by atoms with Crippen LogP contribution in [0.4, 0.5) is 5.69 Å². The molecular weight excluding hydrogens is 224 g/mol. The molecule has 2 N–H and O–H groups in total. The third-order valence-electron chi connectivity index (χ3n) is 3.16. The van der Waals surface area contributed by atoms with Gasteiger partial charge in [-0.3, -0.25) is 0 Å². The number of aliphatic hydroxyl groups is 1. The summed E-state index contributed by atoms with van der Waals surface area (Å²) >= 11 is 5.79. The highest BCUT2D eigenvalue weighted by Crippen LogP contribution is 2.24. The van der Waals surface area contributed by atoms with Crippen molar-refractivity contribution in [2.45, 2.75) is 31.8 Å². The molecule has 1 heterocycles. The van der Waals surface area contributed by atoms with Crippen LogP contribution >= 0.6 is 11.6 Å². The molecule has 2 rings (SSSR count). The van der Waals surface area contributed by atoms with E-state index in [9.17, 15) is 5.11 Å². The fraction of sp³-hybridized carbons (Fsp3) is 0.583. The van der Waals surface area contributed by atoms with E-state index in [0.717, 1.165) is 31.5 Å². The predicted octanol–water partition coefficient (Wildman–Crippen LogP) is 2.70. The number of hydrogen-bond acceptors (Lipinski definition) is 3. The minimum Gasteiger partial charge on any atom is -0.393 e. The second-order valence-corrected chi connectivity index (χ2v) is 4.75. The van der Waals surface area contributed by atoms with Crippen molar-refractivity contribution in [1.29, 1.82) is 0 Å². The standard InChI is InChI=1S/C12H17ClN2O/c13-12-7-10(5-6-14-12)15-8-9-3-1-2-4-11(9)16/h5-7,9,11,16H,1-4,8H2,(H,14,15). The lowest BCUT2D eigenvalue weighted by atomic mass is 9.86. The number of nitrogens with one attached hydrogen (secondary N) is 1. The van der Waals surface area contributed by atoms with E-state index >= 15 is 0 Å². The molecule has 0 aromatic carbocycles. The Balaban J connectivity index is 1.86. The normalized spacial score (nSPS) is 25.4. The number of halogens is 1. The SMILES string of the molecule is OC1CCCCC1CNc1ccnc(Cl)c1. The Labute approximate surface area is 101 Å². The fourth-order valence-corrected chi connectivity index (χ4v) is 2.36. The Morgan fingerprint density at radius 2 is 2.25 bits per heavy atom. The molecule has 4 heteroatoms. The summed E-state index contributed by atoms with van der Waals surface area (Å²) < 4.78 is 0. The summed E-state index contributed by atoms with van der Waals surface area (Å²) in [6, 6.07) is 3.69. The molecule has 3 nitrogen and oxygen atoms in total. The Hall–Kier alpha value is -0.800. The molecule has 0 bridgehead atoms. The highest BCUT2D eigenvalue weighted by molar-refractivity contribution is 6.29. The van der Waals surface area contributed by atoms with Crippen molar-refractivity contribution in [2.24, 2.45) is 5.92 Å². The number of aromatic nitrogens is 1. The third-order valence-corrected chi connectivity index (χ3v) is 3.37. The first kappa shape index (κ1) is 11.7. The van der Waals surface area contributed by atoms with Gasteiger partial charge in [-0.25, -0.2) is 4.98 Å². The molecule has 1 saturated carbocycles. The molecule has 2 atom stereocenters. The van der Waals surface area contributed by atoms with Gasteiger partial charge in [0.2, 0.25) is 0 Å². The molecule has 1 fully saturated rings. The summed E-state index contributed by atoms with van der Waals surface area (Å²) in [7, 11) is 0. The zero-order chi connectivity index (χ0) is 11.4. The van der Waals surface area contributed by atoms with Gasteiger partial charge in [-0.15, -0.1) is 0 Å². The molecule has 88 valence electrons. The first-order valence-electron chi connectivity index (χ1n) is 5.79. The summed E-state index contributed by atoms with van der Waals surface area (Å²) in [5.41, 5.74) is 0.970. The predicted molar refractivity (Wildman–Crippen MR) is 65.7 cm³/mol. The molecular formula is C12H17ClN2O. The molecule has 2 unspecified atom stereocenters. The van der Waals surface area contributed by atoms with E-state index in [1.807, 2.05) is 6.07 Å². The molecule has 0 radical (unpaired) electrons. The van der Waals surface area contributed by atoms with Crippen LogP contribution in [0.3, 0.4) is 0 Å². The Morgan fingerprint density at radius 1 is 1.44 bits per heavy atom. The van der Waals surface area contributed by atoms with Gasteiger partial charge in [0.15, 0.2) is 0 Å². The van der Waals surface area contributed by atoms with Gasteiger partial charge < -0.3 is 10.4 Å². The van der Waals surface area contributed by atoms with Gasteiger partial charge in [-0.05, 0) is 25.0 Å². The van der Waals surface area contributed by atoms with E-state index in [4.69, 9.17) is 11.6 Å². The molecule has 1 aromatic heterocycles. The number of anilines is 1. The molecule has 0 saturated heterocycles. The van der Waals surface area contributed by atoms with Crippen LogP contribution in [0.25, 0.3) is 0 Å². The van der Waals surface area contributed by atoms with Crippen LogP contribution in [0, 0.1) is 5.92 Å². The number of aliphatic hydroxyl groups excluding tert-OH is 1. The van der Waals surface area contributed by atoms with Crippen molar-refractivity contribution in [2.75, 3.05) is 11.9 Å². The van der Waals surface area contributed by atoms with Gasteiger partial charge in [0, 0.05) is 24.3 Å². The second kappa shape index (κ2) is 5.51. The second-order valence-electron chi connectivity index (χ2n) is 4.36. The lowest BCUT2D eigenvalue weighted by Crippen LogP contribution is -2.30. The summed E-state index contributed by atoms with van der Waals surface area (Å²) in [5.74, 6) is 0.362. The quantitative estimate of drug-likeness (QED) is 0.799. The van der Waals surface area contributed by atoms with Gasteiger partial charge in [-0.1, -0.05) is 24.4 Å². The van der Waals surface area contributed by atoms with E-state index in [1.54, 1.807) is 12.3 Å². The molecule has 0 amide bonds. The highest BCUT2D eigenvalue weighted by Gasteiger charge is 2.22. The number of rotatable bonds is 3. The third kappa shape index (κ3) is 3.09. The summed E-state index contributed by atoms with van der Waals surface area (Å²) in [6.45, 7) is 0.807. The monoisotopic (exact) mass is 240 g/mol. The number of nitrogens with zero attached hydrogens (tertiary/aromatic N) is 1. The maximum atomic E-state index is 9.82. The Morgan fingerprint density at radius 3 is 3.00 bits per heavy atom. The Bertz CT molecular complexity index is 346. The zero-order valence-electron chi connectivity index (χ0n) is 9.19. The average Bonchev–Trinajstić information content (AvgIpc) is 2.28. The number of hydrogen-bond donors (Lipinski definition) is 2. The number of pyridine rings is 1. The van der Waals surface area contributed by atoms with E-state index in [0.29, 0.717) is 11.1 Å². The fourth-order valence-electron chi connectivity index (χ4n) is 2.19. The van der Waals surface area contributed by atoms with E-state index in [-0.39, 0.29) is 6.10 Å². The lowest BCUT2D eigenvalue weighted by molar-refractivity contribution is 0.0763. The Kier molecular flexibility index (Phi) is 4.02. The minimum atomic E-state index is -0.154. The molecule has 0 aliphatic heterocycles. The van der Waals surface area contributed by atoms with E-state index in [1.165, 1.54) is 6.42 Å². The van der Waals surface area contributed by atoms with E-state index < -0.39 is 0 Å². The van der Waals surface area contributed by atoms with Crippen LogP contribution in [-0.2, 0) is 0 Å². The molecule has 1 aliphatic carbocycles. The summed E-state index contributed by atoms with van der Waals surface area (Å²) in [5, 5.41) is 13.6. The van der Waals surface area contributed by atoms with Crippen LogP contribution in [-0.4, -0.2) is 22.7 Å². The van der Waals surface area contributed by atoms with Crippen LogP contribution < -0.4 is 5.32 Å². The van der Waals surface area contributed by atoms with Crippen molar-refractivity contribution >= 4 is 17.3 Å². The highest BCUT2D eigenvalue weighted by atomic mass is 35.5. The van der Waals surface area contributed by atoms with Crippen LogP contribution in [0.1, 0.15) is 25.7 Å². The minimum absolute atomic E-state index is 0.154. The van der Waals surface area contributed by atoms with Gasteiger partial charge in [0.05, 0.1) is 6.10 Å². The van der Waals surface area contributed by atoms with Crippen LogP contribution in [0.2, 0.25) is 5.15 Å². The average molecular weight is 241 g/mol. The maximum Gasteiger partial charge on any atom is 0.131 e. The van der Waals surface area contributed by atoms with Gasteiger partial charge in [-0.2, -0.15) is 0 Å². The zero-order valence-corrected chi connectivity index (χ0v) is 9.95. The van der Waals surface area contributed by atoms with E-state index in [2.05, 4.69) is 10.3 Å². The first-order chi connectivity index (χ1) is 7.75. The first-order valence-corrected chi connectivity index (χ1v) is 6.17. The largest absolute Gasteiger partial charge is 0.393 e. The van der Waals surface area contributed by atoms with Crippen molar-refractivity contribution in [3.8, 4) is 0 Å². The summed E-state index contributed by atoms with van der Waals surface area (Å²) in [4.78, 5) is 3.93. The van der Waals surface area contributed by atoms with Gasteiger partial charge in [0.25, 0.3) is 0 Å². The molecule has 16 heavy (non-hydrogen) atoms. The van der Waals surface area contributed by atoms with Crippen LogP contribution in [0.15, 0.2) is 18.3 Å². The van der Waals surface area contributed by atoms with Crippen molar-refractivity contribution in [3.63, 3.8) is 0 Å². The molecule has 1 aliphatic rings. The molecule has 0 spiro atoms. The van der Waals surface area contributed by atoms with Crippen molar-refractivity contribution in [1.82, 2.24) is 4.98 Å². The van der Waals surface area contributed by atoms with Gasteiger partial charge >= 0.3 is 0 Å². The molecule has 1 aromatic rings. The summed E-state index contributed by atoms with van der Waals surface area (Å²) in [6.07, 6.45) is 5.94. The lowest BCUT2D eigenvalue weighted by Gasteiger charge is -2.27. The van der Waals surface area contributed by atoms with Crippen molar-refractivity contribution < 1.29 is 5.11 Å². The van der Waals surface area contributed by atoms with Crippen LogP contribution in [0.5, 0.6) is 0 Å². The smallest absolute Gasteiger partial charge is 0.131 e. The van der Waals surface area contributed by atoms with Crippen molar-refractivity contribution in [3.05, 3.63) is 23.5 Å². The van der Waals surface area contributed by atoms with Gasteiger partial charge in [0.1, 0.15) is 5.15 Å².